The van der Waals surface area contributed by atoms with E-state index in [-0.39, 0.29) is 11.8 Å². The molecule has 0 bridgehead atoms. The maximum Gasteiger partial charge on any atom is 0.312 e. The van der Waals surface area contributed by atoms with Crippen LogP contribution in [0, 0.1) is 5.41 Å². The van der Waals surface area contributed by atoms with Gasteiger partial charge in [0.05, 0.1) is 5.41 Å². The van der Waals surface area contributed by atoms with Crippen molar-refractivity contribution in [3.63, 3.8) is 0 Å². The maximum atomic E-state index is 12.6. The molecule has 0 N–H and O–H groups in total. The van der Waals surface area contributed by atoms with Gasteiger partial charge in [-0.05, 0) is 20.8 Å². The van der Waals surface area contributed by atoms with Crippen molar-refractivity contribution in [2.45, 2.75) is 26.9 Å². The second-order valence-electron chi connectivity index (χ2n) is 6.54. The highest BCUT2D eigenvalue weighted by molar-refractivity contribution is 6.12. The summed E-state index contributed by atoms with van der Waals surface area (Å²) in [5.74, 6) is -0.300. The molecule has 0 amide bonds. The van der Waals surface area contributed by atoms with Gasteiger partial charge in [0.1, 0.15) is 0 Å². The maximum absolute atomic E-state index is 12.6. The molecule has 1 aliphatic carbocycles. The molecule has 1 aliphatic rings. The predicted molar refractivity (Wildman–Crippen MR) is 83.7 cm³/mol. The number of ether oxygens (including phenoxy) is 1. The zero-order valence-electron chi connectivity index (χ0n) is 12.9. The molecular formula is C19H18O3. The van der Waals surface area contributed by atoms with E-state index in [0.717, 1.165) is 11.1 Å². The molecule has 3 rings (SSSR count). The molecule has 0 aliphatic heterocycles. The third-order valence-corrected chi connectivity index (χ3v) is 3.81. The highest BCUT2D eigenvalue weighted by Crippen LogP contribution is 2.38. The molecule has 2 aromatic carbocycles. The SMILES string of the molecule is CC(C)(C)C(=O)OC1c2ccccc2C(=O)c2ccccc21. The van der Waals surface area contributed by atoms with Gasteiger partial charge in [0, 0.05) is 22.3 Å². The third kappa shape index (κ3) is 2.33. The summed E-state index contributed by atoms with van der Waals surface area (Å²) in [6.45, 7) is 5.46. The van der Waals surface area contributed by atoms with E-state index in [9.17, 15) is 9.59 Å². The highest BCUT2D eigenvalue weighted by atomic mass is 16.5. The van der Waals surface area contributed by atoms with Crippen molar-refractivity contribution in [3.05, 3.63) is 70.8 Å². The fraction of sp³-hybridized carbons (Fsp3) is 0.263. The van der Waals surface area contributed by atoms with Crippen LogP contribution in [0.15, 0.2) is 48.5 Å². The molecule has 112 valence electrons. The van der Waals surface area contributed by atoms with Crippen LogP contribution in [0.3, 0.4) is 0 Å². The number of esters is 1. The van der Waals surface area contributed by atoms with Gasteiger partial charge in [-0.2, -0.15) is 0 Å². The lowest BCUT2D eigenvalue weighted by molar-refractivity contribution is -0.157. The van der Waals surface area contributed by atoms with Gasteiger partial charge in [-0.1, -0.05) is 48.5 Å². The Kier molecular flexibility index (Phi) is 3.36. The van der Waals surface area contributed by atoms with Gasteiger partial charge < -0.3 is 4.74 Å². The number of rotatable bonds is 1. The first-order valence-corrected chi connectivity index (χ1v) is 7.33. The predicted octanol–water partition coefficient (Wildman–Crippen LogP) is 3.91. The van der Waals surface area contributed by atoms with Gasteiger partial charge in [0.2, 0.25) is 0 Å². The Morgan fingerprint density at radius 3 is 1.82 bits per heavy atom. The monoisotopic (exact) mass is 294 g/mol. The lowest BCUT2D eigenvalue weighted by Crippen LogP contribution is -2.29. The summed E-state index contributed by atoms with van der Waals surface area (Å²) >= 11 is 0. The Balaban J connectivity index is 2.12. The summed E-state index contributed by atoms with van der Waals surface area (Å²) in [6, 6.07) is 14.6. The van der Waals surface area contributed by atoms with E-state index in [4.69, 9.17) is 4.74 Å². The Labute approximate surface area is 129 Å². The minimum atomic E-state index is -0.592. The van der Waals surface area contributed by atoms with Crippen LogP contribution in [0.5, 0.6) is 0 Å². The summed E-state index contributed by atoms with van der Waals surface area (Å²) < 4.78 is 5.77. The summed E-state index contributed by atoms with van der Waals surface area (Å²) in [6.07, 6.45) is -0.531. The van der Waals surface area contributed by atoms with Gasteiger partial charge in [-0.15, -0.1) is 0 Å². The van der Waals surface area contributed by atoms with Gasteiger partial charge >= 0.3 is 5.97 Å². The van der Waals surface area contributed by atoms with Crippen molar-refractivity contribution in [2.24, 2.45) is 5.41 Å². The van der Waals surface area contributed by atoms with E-state index in [1.807, 2.05) is 57.2 Å². The zero-order chi connectivity index (χ0) is 15.9. The molecular weight excluding hydrogens is 276 g/mol. The van der Waals surface area contributed by atoms with Crippen LogP contribution in [0.2, 0.25) is 0 Å². The molecule has 22 heavy (non-hydrogen) atoms. The van der Waals surface area contributed by atoms with E-state index < -0.39 is 11.5 Å². The van der Waals surface area contributed by atoms with Crippen molar-refractivity contribution in [3.8, 4) is 0 Å². The molecule has 0 saturated heterocycles. The number of hydrogen-bond donors (Lipinski definition) is 0. The van der Waals surface area contributed by atoms with E-state index in [0.29, 0.717) is 11.1 Å². The lowest BCUT2D eigenvalue weighted by atomic mass is 9.83. The van der Waals surface area contributed by atoms with Crippen molar-refractivity contribution >= 4 is 11.8 Å². The second-order valence-corrected chi connectivity index (χ2v) is 6.54. The molecule has 0 radical (unpaired) electrons. The van der Waals surface area contributed by atoms with Crippen LogP contribution in [-0.2, 0) is 9.53 Å². The van der Waals surface area contributed by atoms with Crippen molar-refractivity contribution < 1.29 is 14.3 Å². The van der Waals surface area contributed by atoms with E-state index in [1.54, 1.807) is 12.1 Å². The average molecular weight is 294 g/mol. The van der Waals surface area contributed by atoms with Crippen molar-refractivity contribution in [1.29, 1.82) is 0 Å². The normalized spacial score (nSPS) is 14.2. The molecule has 0 heterocycles. The minimum Gasteiger partial charge on any atom is -0.452 e. The summed E-state index contributed by atoms with van der Waals surface area (Å²) in [7, 11) is 0. The summed E-state index contributed by atoms with van der Waals surface area (Å²) in [4.78, 5) is 24.9. The largest absolute Gasteiger partial charge is 0.452 e. The Bertz CT molecular complexity index is 704. The number of benzene rings is 2. The van der Waals surface area contributed by atoms with Crippen molar-refractivity contribution in [1.82, 2.24) is 0 Å². The Hall–Kier alpha value is -2.42. The molecule has 3 nitrogen and oxygen atoms in total. The Morgan fingerprint density at radius 1 is 0.909 bits per heavy atom. The van der Waals surface area contributed by atoms with E-state index in [1.165, 1.54) is 0 Å². The third-order valence-electron chi connectivity index (χ3n) is 3.81. The molecule has 0 saturated carbocycles. The lowest BCUT2D eigenvalue weighted by Gasteiger charge is -2.29. The number of hydrogen-bond acceptors (Lipinski definition) is 3. The Morgan fingerprint density at radius 2 is 1.36 bits per heavy atom. The molecule has 0 aromatic heterocycles. The summed E-state index contributed by atoms with van der Waals surface area (Å²) in [5, 5.41) is 0. The van der Waals surface area contributed by atoms with Crippen LogP contribution in [0.1, 0.15) is 53.9 Å². The first-order valence-electron chi connectivity index (χ1n) is 7.33. The highest BCUT2D eigenvalue weighted by Gasteiger charge is 2.35. The van der Waals surface area contributed by atoms with Gasteiger partial charge in [0.25, 0.3) is 0 Å². The smallest absolute Gasteiger partial charge is 0.312 e. The molecule has 3 heteroatoms. The molecule has 0 spiro atoms. The number of carbonyl (C=O) groups is 2. The van der Waals surface area contributed by atoms with Crippen LogP contribution in [0.25, 0.3) is 0 Å². The first kappa shape index (κ1) is 14.5. The van der Waals surface area contributed by atoms with E-state index >= 15 is 0 Å². The average Bonchev–Trinajstić information content (AvgIpc) is 2.50. The van der Waals surface area contributed by atoms with Gasteiger partial charge in [-0.3, -0.25) is 9.59 Å². The van der Waals surface area contributed by atoms with Gasteiger partial charge in [0.15, 0.2) is 11.9 Å². The minimum absolute atomic E-state index is 0.0192. The number of ketones is 1. The number of fused-ring (bicyclic) bond motifs is 2. The molecule has 0 fully saturated rings. The standard InChI is InChI=1S/C19H18O3/c1-19(2,3)18(21)22-17-14-10-6-4-8-12(14)16(20)13-9-5-7-11-15(13)17/h4-11,17H,1-3H3. The quantitative estimate of drug-likeness (QED) is 0.749. The van der Waals surface area contributed by atoms with Crippen LogP contribution >= 0.6 is 0 Å². The zero-order valence-corrected chi connectivity index (χ0v) is 12.9. The van der Waals surface area contributed by atoms with E-state index in [2.05, 4.69) is 0 Å². The fourth-order valence-electron chi connectivity index (χ4n) is 2.59. The topological polar surface area (TPSA) is 43.4 Å². The fourth-order valence-corrected chi connectivity index (χ4v) is 2.59. The van der Waals surface area contributed by atoms with Gasteiger partial charge in [-0.25, -0.2) is 0 Å². The molecule has 2 aromatic rings. The molecule has 0 atom stereocenters. The van der Waals surface area contributed by atoms with Crippen LogP contribution < -0.4 is 0 Å². The first-order chi connectivity index (χ1) is 10.4. The van der Waals surface area contributed by atoms with Crippen LogP contribution in [0.4, 0.5) is 0 Å². The van der Waals surface area contributed by atoms with Crippen LogP contribution in [-0.4, -0.2) is 11.8 Å². The molecule has 0 unspecified atom stereocenters. The number of carbonyl (C=O) groups excluding carboxylic acids is 2. The summed E-state index contributed by atoms with van der Waals surface area (Å²) in [5.41, 5.74) is 2.12. The second kappa shape index (κ2) is 5.09. The van der Waals surface area contributed by atoms with Crippen molar-refractivity contribution in [2.75, 3.05) is 0 Å².